The van der Waals surface area contributed by atoms with Crippen molar-refractivity contribution in [1.82, 2.24) is 9.97 Å². The van der Waals surface area contributed by atoms with Crippen molar-refractivity contribution in [3.05, 3.63) is 57.0 Å². The van der Waals surface area contributed by atoms with Gasteiger partial charge in [-0.1, -0.05) is 39.7 Å². The fraction of sp³-hybridized carbons (Fsp3) is 0.0667. The van der Waals surface area contributed by atoms with Crippen molar-refractivity contribution in [2.24, 2.45) is 0 Å². The number of pyridine rings is 1. The first-order valence-corrected chi connectivity index (χ1v) is 7.98. The van der Waals surface area contributed by atoms with Crippen LogP contribution in [0.3, 0.4) is 0 Å². The Hall–Kier alpha value is -1.23. The van der Waals surface area contributed by atoms with Crippen LogP contribution in [0, 0.1) is 6.92 Å². The monoisotopic (exact) mass is 364 g/mol. The van der Waals surface area contributed by atoms with E-state index >= 15 is 0 Å². The van der Waals surface area contributed by atoms with Gasteiger partial charge in [0.1, 0.15) is 10.7 Å². The largest absolute Gasteiger partial charge is 0.252 e. The molecule has 0 atom stereocenters. The number of aryl methyl sites for hydroxylation is 1. The lowest BCUT2D eigenvalue weighted by Crippen LogP contribution is -1.84. The molecule has 5 heteroatoms. The second kappa shape index (κ2) is 5.64. The molecule has 20 heavy (non-hydrogen) atoms. The van der Waals surface area contributed by atoms with Crippen molar-refractivity contribution >= 4 is 38.9 Å². The highest BCUT2D eigenvalue weighted by atomic mass is 79.9. The van der Waals surface area contributed by atoms with Gasteiger partial charge in [0.2, 0.25) is 0 Å². The molecule has 0 aliphatic rings. The van der Waals surface area contributed by atoms with E-state index in [1.165, 1.54) is 0 Å². The number of benzene rings is 1. The zero-order valence-electron chi connectivity index (χ0n) is 10.6. The van der Waals surface area contributed by atoms with Crippen LogP contribution in [0.25, 0.3) is 22.0 Å². The molecule has 0 aliphatic carbocycles. The predicted octanol–water partition coefficient (Wildman–Crippen LogP) is 5.60. The minimum Gasteiger partial charge on any atom is -0.252 e. The number of aromatic nitrogens is 2. The Morgan fingerprint density at radius 2 is 1.85 bits per heavy atom. The first kappa shape index (κ1) is 13.7. The van der Waals surface area contributed by atoms with E-state index in [9.17, 15) is 0 Å². The molecule has 0 saturated heterocycles. The van der Waals surface area contributed by atoms with Crippen molar-refractivity contribution in [2.75, 3.05) is 0 Å². The van der Waals surface area contributed by atoms with Crippen LogP contribution >= 0.6 is 38.9 Å². The normalized spacial score (nSPS) is 10.8. The average Bonchev–Trinajstić information content (AvgIpc) is 2.82. The summed E-state index contributed by atoms with van der Waals surface area (Å²) in [6.45, 7) is 2.06. The Balaban J connectivity index is 2.08. The van der Waals surface area contributed by atoms with Gasteiger partial charge in [-0.3, -0.25) is 4.98 Å². The maximum absolute atomic E-state index is 6.19. The second-order valence-electron chi connectivity index (χ2n) is 4.26. The van der Waals surface area contributed by atoms with Gasteiger partial charge in [0.15, 0.2) is 0 Å². The van der Waals surface area contributed by atoms with Crippen LogP contribution in [0.4, 0.5) is 0 Å². The third-order valence-corrected chi connectivity index (χ3v) is 4.69. The number of nitrogens with zero attached hydrogens (tertiary/aromatic N) is 2. The standard InChI is InChI=1S/C15H10BrClN2S/c1-9-13(10-4-6-11(16)7-5-10)19-15(20-9)14-12(17)3-2-8-18-14/h2-8H,1H3. The molecule has 0 amide bonds. The summed E-state index contributed by atoms with van der Waals surface area (Å²) in [6.07, 6.45) is 1.73. The van der Waals surface area contributed by atoms with E-state index in [4.69, 9.17) is 16.6 Å². The number of hydrogen-bond acceptors (Lipinski definition) is 3. The van der Waals surface area contributed by atoms with E-state index in [1.807, 2.05) is 24.3 Å². The van der Waals surface area contributed by atoms with Crippen LogP contribution in [0.2, 0.25) is 5.02 Å². The number of hydrogen-bond donors (Lipinski definition) is 0. The zero-order chi connectivity index (χ0) is 14.1. The SMILES string of the molecule is Cc1sc(-c2ncccc2Cl)nc1-c1ccc(Br)cc1. The van der Waals surface area contributed by atoms with Gasteiger partial charge in [-0.25, -0.2) is 4.98 Å². The van der Waals surface area contributed by atoms with Gasteiger partial charge in [0.25, 0.3) is 0 Å². The van der Waals surface area contributed by atoms with Crippen LogP contribution in [0.15, 0.2) is 47.1 Å². The van der Waals surface area contributed by atoms with E-state index in [0.29, 0.717) is 5.02 Å². The molecule has 0 spiro atoms. The van der Waals surface area contributed by atoms with Crippen molar-refractivity contribution < 1.29 is 0 Å². The maximum Gasteiger partial charge on any atom is 0.144 e. The third-order valence-electron chi connectivity index (χ3n) is 2.88. The first-order chi connectivity index (χ1) is 9.65. The van der Waals surface area contributed by atoms with Crippen LogP contribution in [-0.2, 0) is 0 Å². The molecule has 2 aromatic heterocycles. The average molecular weight is 366 g/mol. The van der Waals surface area contributed by atoms with Gasteiger partial charge in [0.05, 0.1) is 10.7 Å². The highest BCUT2D eigenvalue weighted by Crippen LogP contribution is 2.35. The topological polar surface area (TPSA) is 25.8 Å². The molecule has 2 heterocycles. The molecule has 100 valence electrons. The number of halogens is 2. The van der Waals surface area contributed by atoms with Gasteiger partial charge in [-0.2, -0.15) is 0 Å². The van der Waals surface area contributed by atoms with Crippen molar-refractivity contribution in [2.45, 2.75) is 6.92 Å². The quantitative estimate of drug-likeness (QED) is 0.591. The minimum atomic E-state index is 0.628. The summed E-state index contributed by atoms with van der Waals surface area (Å²) in [6, 6.07) is 11.8. The summed E-state index contributed by atoms with van der Waals surface area (Å²) in [4.78, 5) is 10.2. The van der Waals surface area contributed by atoms with E-state index in [2.05, 4.69) is 40.0 Å². The van der Waals surface area contributed by atoms with E-state index < -0.39 is 0 Å². The van der Waals surface area contributed by atoms with Gasteiger partial charge >= 0.3 is 0 Å². The van der Waals surface area contributed by atoms with E-state index in [-0.39, 0.29) is 0 Å². The van der Waals surface area contributed by atoms with Gasteiger partial charge in [-0.05, 0) is 31.2 Å². The summed E-state index contributed by atoms with van der Waals surface area (Å²) < 4.78 is 1.06. The van der Waals surface area contributed by atoms with Crippen molar-refractivity contribution in [3.63, 3.8) is 0 Å². The fourth-order valence-corrected chi connectivity index (χ4v) is 3.39. The molecule has 0 aliphatic heterocycles. The number of rotatable bonds is 2. The summed E-state index contributed by atoms with van der Waals surface area (Å²) in [5.74, 6) is 0. The predicted molar refractivity (Wildman–Crippen MR) is 88.2 cm³/mol. The molecule has 1 aromatic carbocycles. The van der Waals surface area contributed by atoms with Gasteiger partial charge < -0.3 is 0 Å². The molecule has 2 nitrogen and oxygen atoms in total. The molecule has 0 unspecified atom stereocenters. The molecule has 0 saturated carbocycles. The Bertz CT molecular complexity index is 753. The third kappa shape index (κ3) is 2.64. The van der Waals surface area contributed by atoms with E-state index in [1.54, 1.807) is 17.5 Å². The van der Waals surface area contributed by atoms with E-state index in [0.717, 1.165) is 31.3 Å². The smallest absolute Gasteiger partial charge is 0.144 e. The lowest BCUT2D eigenvalue weighted by atomic mass is 10.1. The van der Waals surface area contributed by atoms with Crippen LogP contribution < -0.4 is 0 Å². The molecule has 0 N–H and O–H groups in total. The van der Waals surface area contributed by atoms with Crippen molar-refractivity contribution in [3.8, 4) is 22.0 Å². The molecule has 0 bridgehead atoms. The lowest BCUT2D eigenvalue weighted by Gasteiger charge is -1.99. The minimum absolute atomic E-state index is 0.628. The molecule has 3 rings (SSSR count). The summed E-state index contributed by atoms with van der Waals surface area (Å²) in [5, 5.41) is 1.48. The Kier molecular flexibility index (Phi) is 3.87. The molecule has 3 aromatic rings. The first-order valence-electron chi connectivity index (χ1n) is 5.99. The summed E-state index contributed by atoms with van der Waals surface area (Å²) >= 11 is 11.2. The number of thiazole rings is 1. The van der Waals surface area contributed by atoms with Crippen LogP contribution in [0.1, 0.15) is 4.88 Å². The van der Waals surface area contributed by atoms with Crippen LogP contribution in [0.5, 0.6) is 0 Å². The lowest BCUT2D eigenvalue weighted by molar-refractivity contribution is 1.29. The van der Waals surface area contributed by atoms with Gasteiger partial charge in [-0.15, -0.1) is 11.3 Å². The summed E-state index contributed by atoms with van der Waals surface area (Å²) in [5.41, 5.74) is 2.82. The highest BCUT2D eigenvalue weighted by molar-refractivity contribution is 9.10. The molecule has 0 fully saturated rings. The van der Waals surface area contributed by atoms with Gasteiger partial charge in [0, 0.05) is 21.1 Å². The highest BCUT2D eigenvalue weighted by Gasteiger charge is 2.14. The molecule has 0 radical (unpaired) electrons. The van der Waals surface area contributed by atoms with Crippen molar-refractivity contribution in [1.29, 1.82) is 0 Å². The Labute approximate surface area is 134 Å². The second-order valence-corrected chi connectivity index (χ2v) is 6.79. The Morgan fingerprint density at radius 3 is 2.55 bits per heavy atom. The molecular formula is C15H10BrClN2S. The molecular weight excluding hydrogens is 356 g/mol. The maximum atomic E-state index is 6.19. The van der Waals surface area contributed by atoms with Crippen LogP contribution in [-0.4, -0.2) is 9.97 Å². The summed E-state index contributed by atoms with van der Waals surface area (Å²) in [7, 11) is 0. The Morgan fingerprint density at radius 1 is 1.10 bits per heavy atom. The fourth-order valence-electron chi connectivity index (χ4n) is 1.92. The zero-order valence-corrected chi connectivity index (χ0v) is 13.8.